The molecule has 0 radical (unpaired) electrons. The predicted octanol–water partition coefficient (Wildman–Crippen LogP) is 1.04. The molecule has 0 heterocycles. The fraction of sp³-hybridized carbons (Fsp3) is 0.600. The summed E-state index contributed by atoms with van der Waals surface area (Å²) in [5.74, 6) is 1.59. The van der Waals surface area contributed by atoms with Gasteiger partial charge in [0.15, 0.2) is 5.71 Å². The summed E-state index contributed by atoms with van der Waals surface area (Å²) in [7, 11) is 0. The highest BCUT2D eigenvalue weighted by molar-refractivity contribution is 9.09. The molecule has 0 fully saturated rings. The first-order valence-corrected chi connectivity index (χ1v) is 7.68. The van der Waals surface area contributed by atoms with E-state index in [-0.39, 0.29) is 42.0 Å². The highest BCUT2D eigenvalue weighted by Gasteiger charge is 2.11. The standard InChI is InChI=1S/C5H8BrNO3.C5H7BrO3.ClH.H3NO/c1-2-10-5(8)4(3-6)7-9;1-2-9-5(8)4(7)3-6;;1-2/h9H,2-3H2,1H3;2-3H2,1H3;1H;2H,1H2/b7-4+;;;. The zero-order valence-corrected chi connectivity index (χ0v) is 15.9. The summed E-state index contributed by atoms with van der Waals surface area (Å²) in [5, 5.41) is 17.6. The van der Waals surface area contributed by atoms with E-state index in [0.717, 1.165) is 0 Å². The minimum absolute atomic E-state index is 0. The minimum atomic E-state index is -0.769. The van der Waals surface area contributed by atoms with Crippen LogP contribution >= 0.6 is 44.3 Å². The molecule has 0 saturated carbocycles. The molecule has 0 atom stereocenters. The summed E-state index contributed by atoms with van der Waals surface area (Å²) in [4.78, 5) is 31.4. The molecule has 0 aromatic carbocycles. The number of esters is 2. The Labute approximate surface area is 150 Å². The van der Waals surface area contributed by atoms with Crippen molar-refractivity contribution in [3.05, 3.63) is 0 Å². The third-order valence-corrected chi connectivity index (χ3v) is 2.42. The van der Waals surface area contributed by atoms with Gasteiger partial charge < -0.3 is 19.9 Å². The highest BCUT2D eigenvalue weighted by atomic mass is 79.9. The van der Waals surface area contributed by atoms with Crippen molar-refractivity contribution in [1.29, 1.82) is 0 Å². The maximum Gasteiger partial charge on any atom is 0.375 e. The van der Waals surface area contributed by atoms with E-state index in [1.165, 1.54) is 0 Å². The van der Waals surface area contributed by atoms with Gasteiger partial charge in [-0.2, -0.15) is 0 Å². The molecule has 0 rings (SSSR count). The molecule has 0 bridgehead atoms. The molecular formula is C10H19Br2ClN2O7. The summed E-state index contributed by atoms with van der Waals surface area (Å²) in [6.07, 6.45) is 0. The second-order valence-corrected chi connectivity index (χ2v) is 3.80. The van der Waals surface area contributed by atoms with Crippen LogP contribution in [-0.4, -0.2) is 57.7 Å². The number of carbonyl (C=O) groups excluding carboxylic acids is 3. The number of ketones is 1. The lowest BCUT2D eigenvalue weighted by atomic mass is 10.4. The van der Waals surface area contributed by atoms with Crippen LogP contribution < -0.4 is 5.90 Å². The largest absolute Gasteiger partial charge is 0.461 e. The van der Waals surface area contributed by atoms with Gasteiger partial charge in [-0.1, -0.05) is 37.0 Å². The van der Waals surface area contributed by atoms with Crippen LogP contribution in [0.2, 0.25) is 0 Å². The van der Waals surface area contributed by atoms with Crippen molar-refractivity contribution >= 4 is 67.7 Å². The zero-order chi connectivity index (χ0) is 17.3. The van der Waals surface area contributed by atoms with Crippen LogP contribution in [0.5, 0.6) is 0 Å². The summed E-state index contributed by atoms with van der Waals surface area (Å²) in [5.41, 5.74) is -0.0261. The van der Waals surface area contributed by atoms with Crippen molar-refractivity contribution in [2.24, 2.45) is 11.1 Å². The van der Waals surface area contributed by atoms with Gasteiger partial charge in [-0.3, -0.25) is 4.79 Å². The quantitative estimate of drug-likeness (QED) is 0.129. The van der Waals surface area contributed by atoms with Crippen molar-refractivity contribution in [3.8, 4) is 0 Å². The van der Waals surface area contributed by atoms with E-state index in [2.05, 4.69) is 52.4 Å². The van der Waals surface area contributed by atoms with Gasteiger partial charge in [0.2, 0.25) is 5.78 Å². The van der Waals surface area contributed by atoms with Gasteiger partial charge in [0, 0.05) is 0 Å². The van der Waals surface area contributed by atoms with E-state index in [4.69, 9.17) is 10.4 Å². The van der Waals surface area contributed by atoms with Crippen LogP contribution in [0.4, 0.5) is 0 Å². The average molecular weight is 475 g/mol. The normalized spacial score (nSPS) is 8.91. The summed E-state index contributed by atoms with van der Waals surface area (Å²) < 4.78 is 8.90. The smallest absolute Gasteiger partial charge is 0.375 e. The van der Waals surface area contributed by atoms with Crippen LogP contribution in [0, 0.1) is 0 Å². The number of carbonyl (C=O) groups is 3. The number of oxime groups is 1. The van der Waals surface area contributed by atoms with Gasteiger partial charge in [-0.05, 0) is 13.8 Å². The Morgan fingerprint density at radius 3 is 1.68 bits per heavy atom. The van der Waals surface area contributed by atoms with Crippen molar-refractivity contribution in [3.63, 3.8) is 0 Å². The van der Waals surface area contributed by atoms with Gasteiger partial charge >= 0.3 is 11.9 Å². The molecule has 0 spiro atoms. The van der Waals surface area contributed by atoms with E-state index >= 15 is 0 Å². The Kier molecular flexibility index (Phi) is 30.0. The monoisotopic (exact) mass is 472 g/mol. The number of Topliss-reactive ketones (excluding diaryl/α,β-unsaturated/α-hetero) is 1. The molecule has 0 aliphatic heterocycles. The van der Waals surface area contributed by atoms with E-state index in [1.54, 1.807) is 13.8 Å². The average Bonchev–Trinajstić information content (AvgIpc) is 2.51. The second kappa shape index (κ2) is 22.5. The van der Waals surface area contributed by atoms with E-state index in [9.17, 15) is 14.4 Å². The first-order valence-electron chi connectivity index (χ1n) is 5.44. The Morgan fingerprint density at radius 1 is 1.00 bits per heavy atom. The number of halogens is 3. The molecule has 0 aliphatic rings. The van der Waals surface area contributed by atoms with Crippen molar-refractivity contribution in [2.45, 2.75) is 13.8 Å². The molecule has 0 aliphatic carbocycles. The number of rotatable bonds is 6. The lowest BCUT2D eigenvalue weighted by Gasteiger charge is -1.98. The molecule has 9 nitrogen and oxygen atoms in total. The van der Waals surface area contributed by atoms with Gasteiger partial charge in [0.1, 0.15) is 0 Å². The fourth-order valence-corrected chi connectivity index (χ4v) is 1.17. The third kappa shape index (κ3) is 17.3. The Morgan fingerprint density at radius 2 is 1.41 bits per heavy atom. The molecule has 0 aromatic rings. The van der Waals surface area contributed by atoms with Crippen molar-refractivity contribution in [2.75, 3.05) is 23.9 Å². The van der Waals surface area contributed by atoms with E-state index in [1.807, 2.05) is 0 Å². The zero-order valence-electron chi connectivity index (χ0n) is 12.0. The fourth-order valence-electron chi connectivity index (χ4n) is 0.603. The first-order chi connectivity index (χ1) is 9.98. The highest BCUT2D eigenvalue weighted by Crippen LogP contribution is 1.89. The molecule has 12 heteroatoms. The predicted molar refractivity (Wildman–Crippen MR) is 88.3 cm³/mol. The number of alkyl halides is 2. The Hall–Kier alpha value is -0.750. The maximum absolute atomic E-state index is 10.7. The van der Waals surface area contributed by atoms with Gasteiger partial charge in [0.05, 0.1) is 23.9 Å². The summed E-state index contributed by atoms with van der Waals surface area (Å²) in [6, 6.07) is 0. The summed E-state index contributed by atoms with van der Waals surface area (Å²) in [6.45, 7) is 3.86. The molecule has 0 unspecified atom stereocenters. The van der Waals surface area contributed by atoms with E-state index < -0.39 is 17.7 Å². The van der Waals surface area contributed by atoms with Gasteiger partial charge in [-0.25, -0.2) is 15.5 Å². The number of hydrogen-bond donors (Lipinski definition) is 3. The van der Waals surface area contributed by atoms with Crippen molar-refractivity contribution in [1.82, 2.24) is 0 Å². The first kappa shape index (κ1) is 29.3. The number of nitrogens with zero attached hydrogens (tertiary/aromatic N) is 1. The minimum Gasteiger partial charge on any atom is -0.461 e. The Bertz CT molecular complexity index is 343. The molecule has 0 aromatic heterocycles. The number of ether oxygens (including phenoxy) is 2. The topological polar surface area (TPSA) is 149 Å². The summed E-state index contributed by atoms with van der Waals surface area (Å²) >= 11 is 5.79. The number of nitrogens with two attached hydrogens (primary N) is 1. The third-order valence-electron chi connectivity index (χ3n) is 1.38. The van der Waals surface area contributed by atoms with Crippen LogP contribution in [0.1, 0.15) is 13.8 Å². The lowest BCUT2D eigenvalue weighted by Crippen LogP contribution is -2.18. The van der Waals surface area contributed by atoms with E-state index in [0.29, 0.717) is 0 Å². The molecular weight excluding hydrogens is 455 g/mol. The second-order valence-electron chi connectivity index (χ2n) is 2.68. The molecule has 4 N–H and O–H groups in total. The maximum atomic E-state index is 10.7. The molecule has 132 valence electrons. The van der Waals surface area contributed by atoms with Crippen LogP contribution in [0.3, 0.4) is 0 Å². The van der Waals surface area contributed by atoms with Crippen LogP contribution in [-0.2, 0) is 23.9 Å². The molecule has 0 saturated heterocycles. The number of hydrogen-bond acceptors (Lipinski definition) is 9. The lowest BCUT2D eigenvalue weighted by molar-refractivity contribution is -0.152. The van der Waals surface area contributed by atoms with Gasteiger partial charge in [-0.15, -0.1) is 12.4 Å². The molecule has 22 heavy (non-hydrogen) atoms. The Balaban J connectivity index is -0.000000127. The van der Waals surface area contributed by atoms with Crippen LogP contribution in [0.15, 0.2) is 5.16 Å². The van der Waals surface area contributed by atoms with Crippen LogP contribution in [0.25, 0.3) is 0 Å². The molecule has 0 amide bonds. The van der Waals surface area contributed by atoms with Crippen molar-refractivity contribution < 1.29 is 34.3 Å². The SMILES string of the molecule is CCOC(=O)/C(CBr)=N/O.CCOC(=O)C(=O)CBr.Cl.NO. The van der Waals surface area contributed by atoms with Gasteiger partial charge in [0.25, 0.3) is 0 Å².